The predicted molar refractivity (Wildman–Crippen MR) is 96.0 cm³/mol. The zero-order valence-electron chi connectivity index (χ0n) is 14.0. The van der Waals surface area contributed by atoms with Gasteiger partial charge in [-0.1, -0.05) is 57.2 Å². The Balaban J connectivity index is 2.01. The summed E-state index contributed by atoms with van der Waals surface area (Å²) < 4.78 is 0. The smallest absolute Gasteiger partial charge is 0.271 e. The van der Waals surface area contributed by atoms with Gasteiger partial charge in [-0.3, -0.25) is 9.59 Å². The van der Waals surface area contributed by atoms with Crippen molar-refractivity contribution in [3.8, 4) is 0 Å². The topological polar surface area (TPSA) is 70.6 Å². The number of nitrogens with zero attached hydrogens (tertiary/aromatic N) is 1. The molecular formula is C19H21N3O2. The van der Waals surface area contributed by atoms with E-state index in [1.807, 2.05) is 51.1 Å². The fourth-order valence-corrected chi connectivity index (χ4v) is 1.83. The Kier molecular flexibility index (Phi) is 5.47. The van der Waals surface area contributed by atoms with Gasteiger partial charge in [0.05, 0.1) is 6.21 Å². The lowest BCUT2D eigenvalue weighted by Crippen LogP contribution is -2.27. The summed E-state index contributed by atoms with van der Waals surface area (Å²) in [6.45, 7) is 5.49. The number of benzene rings is 2. The number of amides is 2. The SMILES string of the molecule is CC(C)(C)C(=O)Nc1cccc(C(=O)N/N=C/c2ccccc2)c1. The minimum absolute atomic E-state index is 0.109. The van der Waals surface area contributed by atoms with E-state index in [2.05, 4.69) is 15.8 Å². The quantitative estimate of drug-likeness (QED) is 0.668. The molecule has 124 valence electrons. The molecule has 0 heterocycles. The van der Waals surface area contributed by atoms with Gasteiger partial charge in [-0.2, -0.15) is 5.10 Å². The molecule has 0 radical (unpaired) electrons. The van der Waals surface area contributed by atoms with Crippen LogP contribution in [0.5, 0.6) is 0 Å². The van der Waals surface area contributed by atoms with Gasteiger partial charge in [0.15, 0.2) is 0 Å². The summed E-state index contributed by atoms with van der Waals surface area (Å²) >= 11 is 0. The minimum Gasteiger partial charge on any atom is -0.326 e. The normalized spacial score (nSPS) is 11.3. The molecule has 2 N–H and O–H groups in total. The molecule has 2 aromatic rings. The van der Waals surface area contributed by atoms with E-state index < -0.39 is 5.41 Å². The van der Waals surface area contributed by atoms with Crippen molar-refractivity contribution in [1.82, 2.24) is 5.43 Å². The zero-order chi connectivity index (χ0) is 17.6. The highest BCUT2D eigenvalue weighted by molar-refractivity contribution is 5.98. The summed E-state index contributed by atoms with van der Waals surface area (Å²) in [6.07, 6.45) is 1.57. The molecule has 0 spiro atoms. The van der Waals surface area contributed by atoms with Gasteiger partial charge in [0.2, 0.25) is 5.91 Å². The summed E-state index contributed by atoms with van der Waals surface area (Å²) in [7, 11) is 0. The molecule has 0 unspecified atom stereocenters. The van der Waals surface area contributed by atoms with Crippen LogP contribution in [-0.4, -0.2) is 18.0 Å². The number of nitrogens with one attached hydrogen (secondary N) is 2. The van der Waals surface area contributed by atoms with E-state index in [1.54, 1.807) is 30.5 Å². The molecule has 2 aromatic carbocycles. The van der Waals surface area contributed by atoms with E-state index in [4.69, 9.17) is 0 Å². The summed E-state index contributed by atoms with van der Waals surface area (Å²) in [5.74, 6) is -0.448. The van der Waals surface area contributed by atoms with Crippen molar-refractivity contribution in [2.24, 2.45) is 10.5 Å². The fourth-order valence-electron chi connectivity index (χ4n) is 1.83. The third-order valence-corrected chi connectivity index (χ3v) is 3.24. The van der Waals surface area contributed by atoms with Crippen LogP contribution < -0.4 is 10.7 Å². The van der Waals surface area contributed by atoms with E-state index in [0.29, 0.717) is 11.3 Å². The van der Waals surface area contributed by atoms with Gasteiger partial charge in [0.1, 0.15) is 0 Å². The Morgan fingerprint density at radius 3 is 2.38 bits per heavy atom. The third-order valence-electron chi connectivity index (χ3n) is 3.24. The monoisotopic (exact) mass is 323 g/mol. The van der Waals surface area contributed by atoms with Gasteiger partial charge < -0.3 is 5.32 Å². The second-order valence-electron chi connectivity index (χ2n) is 6.39. The van der Waals surface area contributed by atoms with Crippen molar-refractivity contribution in [3.63, 3.8) is 0 Å². The number of hydrogen-bond donors (Lipinski definition) is 2. The van der Waals surface area contributed by atoms with Crippen molar-refractivity contribution in [3.05, 3.63) is 65.7 Å². The highest BCUT2D eigenvalue weighted by atomic mass is 16.2. The molecule has 5 nitrogen and oxygen atoms in total. The van der Waals surface area contributed by atoms with E-state index >= 15 is 0 Å². The van der Waals surface area contributed by atoms with E-state index in [-0.39, 0.29) is 11.8 Å². The van der Waals surface area contributed by atoms with Crippen LogP contribution in [0.3, 0.4) is 0 Å². The van der Waals surface area contributed by atoms with Crippen LogP contribution in [0.1, 0.15) is 36.7 Å². The standard InChI is InChI=1S/C19H21N3O2/c1-19(2,3)18(24)21-16-11-7-10-15(12-16)17(23)22-20-13-14-8-5-4-6-9-14/h4-13H,1-3H3,(H,21,24)(H,22,23)/b20-13+. The molecule has 0 fully saturated rings. The van der Waals surface area contributed by atoms with Gasteiger partial charge in [0.25, 0.3) is 5.91 Å². The van der Waals surface area contributed by atoms with Crippen molar-refractivity contribution in [1.29, 1.82) is 0 Å². The Bertz CT molecular complexity index is 747. The molecule has 2 amide bonds. The van der Waals surface area contributed by atoms with E-state index in [0.717, 1.165) is 5.56 Å². The second kappa shape index (κ2) is 7.55. The van der Waals surface area contributed by atoms with Gasteiger partial charge in [-0.25, -0.2) is 5.43 Å². The first kappa shape index (κ1) is 17.4. The summed E-state index contributed by atoms with van der Waals surface area (Å²) in [4.78, 5) is 24.1. The number of anilines is 1. The van der Waals surface area contributed by atoms with E-state index in [9.17, 15) is 9.59 Å². The summed E-state index contributed by atoms with van der Waals surface area (Å²) in [5.41, 5.74) is 3.87. The van der Waals surface area contributed by atoms with Gasteiger partial charge in [-0.05, 0) is 23.8 Å². The molecule has 0 saturated heterocycles. The Morgan fingerprint density at radius 1 is 1.00 bits per heavy atom. The molecule has 0 atom stereocenters. The lowest BCUT2D eigenvalue weighted by molar-refractivity contribution is -0.123. The molecule has 24 heavy (non-hydrogen) atoms. The third kappa shape index (κ3) is 5.05. The number of rotatable bonds is 4. The lowest BCUT2D eigenvalue weighted by atomic mass is 9.95. The average molecular weight is 323 g/mol. The van der Waals surface area contributed by atoms with Crippen molar-refractivity contribution in [2.75, 3.05) is 5.32 Å². The molecule has 0 saturated carbocycles. The van der Waals surface area contributed by atoms with Crippen molar-refractivity contribution in [2.45, 2.75) is 20.8 Å². The van der Waals surface area contributed by atoms with Crippen molar-refractivity contribution < 1.29 is 9.59 Å². The molecule has 0 aromatic heterocycles. The molecular weight excluding hydrogens is 302 g/mol. The Labute approximate surface area is 141 Å². The van der Waals surface area contributed by atoms with Crippen LogP contribution in [-0.2, 0) is 4.79 Å². The first-order valence-corrected chi connectivity index (χ1v) is 7.66. The average Bonchev–Trinajstić information content (AvgIpc) is 2.55. The van der Waals surface area contributed by atoms with Gasteiger partial charge in [0, 0.05) is 16.7 Å². The number of hydrazone groups is 1. The van der Waals surface area contributed by atoms with Crippen LogP contribution in [0.2, 0.25) is 0 Å². The largest absolute Gasteiger partial charge is 0.326 e. The Hall–Kier alpha value is -2.95. The summed E-state index contributed by atoms with van der Waals surface area (Å²) in [6, 6.07) is 16.2. The molecule has 2 rings (SSSR count). The predicted octanol–water partition coefficient (Wildman–Crippen LogP) is 3.44. The van der Waals surface area contributed by atoms with Gasteiger partial charge in [-0.15, -0.1) is 0 Å². The van der Waals surface area contributed by atoms with Gasteiger partial charge >= 0.3 is 0 Å². The molecule has 0 aliphatic heterocycles. The minimum atomic E-state index is -0.502. The maximum Gasteiger partial charge on any atom is 0.271 e. The number of carbonyl (C=O) groups is 2. The molecule has 0 bridgehead atoms. The maximum absolute atomic E-state index is 12.1. The first-order valence-electron chi connectivity index (χ1n) is 7.66. The molecule has 5 heteroatoms. The maximum atomic E-state index is 12.1. The van der Waals surface area contributed by atoms with Crippen molar-refractivity contribution >= 4 is 23.7 Å². The highest BCUT2D eigenvalue weighted by Gasteiger charge is 2.21. The van der Waals surface area contributed by atoms with Crippen LogP contribution in [0.15, 0.2) is 59.7 Å². The first-order chi connectivity index (χ1) is 11.4. The zero-order valence-corrected chi connectivity index (χ0v) is 14.0. The molecule has 0 aliphatic rings. The Morgan fingerprint density at radius 2 is 1.71 bits per heavy atom. The van der Waals surface area contributed by atoms with Crippen LogP contribution in [0, 0.1) is 5.41 Å². The van der Waals surface area contributed by atoms with E-state index in [1.165, 1.54) is 0 Å². The molecule has 0 aliphatic carbocycles. The highest BCUT2D eigenvalue weighted by Crippen LogP contribution is 2.18. The van der Waals surface area contributed by atoms with Crippen LogP contribution >= 0.6 is 0 Å². The van der Waals surface area contributed by atoms with Crippen LogP contribution in [0.4, 0.5) is 5.69 Å². The lowest BCUT2D eigenvalue weighted by Gasteiger charge is -2.17. The number of hydrogen-bond acceptors (Lipinski definition) is 3. The fraction of sp³-hybridized carbons (Fsp3) is 0.211. The summed E-state index contributed by atoms with van der Waals surface area (Å²) in [5, 5.41) is 6.74. The number of carbonyl (C=O) groups excluding carboxylic acids is 2. The second-order valence-corrected chi connectivity index (χ2v) is 6.39. The van der Waals surface area contributed by atoms with Crippen LogP contribution in [0.25, 0.3) is 0 Å².